The summed E-state index contributed by atoms with van der Waals surface area (Å²) < 4.78 is 22.1. The fourth-order valence-corrected chi connectivity index (χ4v) is 2.31. The van der Waals surface area contributed by atoms with Crippen molar-refractivity contribution in [3.63, 3.8) is 0 Å². The van der Waals surface area contributed by atoms with Crippen LogP contribution in [0, 0.1) is 0 Å². The second-order valence-electron chi connectivity index (χ2n) is 4.43. The van der Waals surface area contributed by atoms with Crippen molar-refractivity contribution in [2.24, 2.45) is 0 Å². The largest absolute Gasteiger partial charge is 0.388 e. The molecule has 0 aromatic heterocycles. The molecule has 1 N–H and O–H groups in total. The Labute approximate surface area is 81.9 Å². The monoisotopic (exact) mass is 202 g/mol. The van der Waals surface area contributed by atoms with Crippen LogP contribution < -0.4 is 0 Å². The first kappa shape index (κ1) is 9.06. The van der Waals surface area contributed by atoms with Gasteiger partial charge in [0.05, 0.1) is 6.61 Å². The molecule has 0 aliphatic carbocycles. The Morgan fingerprint density at radius 3 is 2.71 bits per heavy atom. The molecular formula is C9H14O5. The van der Waals surface area contributed by atoms with E-state index in [-0.39, 0.29) is 18.3 Å². The normalized spacial score (nSPS) is 54.6. The van der Waals surface area contributed by atoms with E-state index in [0.717, 1.165) is 0 Å². The van der Waals surface area contributed by atoms with Crippen molar-refractivity contribution in [2.75, 3.05) is 6.61 Å². The number of hydrogen-bond acceptors (Lipinski definition) is 5. The molecule has 0 saturated carbocycles. The summed E-state index contributed by atoms with van der Waals surface area (Å²) in [6, 6.07) is 0. The number of fused-ring (bicyclic) bond motifs is 3. The lowest BCUT2D eigenvalue weighted by molar-refractivity contribution is -0.214. The summed E-state index contributed by atoms with van der Waals surface area (Å²) in [4.78, 5) is 0. The van der Waals surface area contributed by atoms with Gasteiger partial charge < -0.3 is 24.1 Å². The van der Waals surface area contributed by atoms with Gasteiger partial charge in [-0.15, -0.1) is 0 Å². The van der Waals surface area contributed by atoms with Crippen molar-refractivity contribution < 1.29 is 24.1 Å². The number of hydrogen-bond donors (Lipinski definition) is 1. The Balaban J connectivity index is 1.80. The highest BCUT2D eigenvalue weighted by atomic mass is 16.8. The molecule has 5 heteroatoms. The van der Waals surface area contributed by atoms with Crippen LogP contribution in [0.15, 0.2) is 0 Å². The number of aliphatic hydroxyl groups excluding tert-OH is 1. The molecule has 0 aromatic rings. The van der Waals surface area contributed by atoms with E-state index in [4.69, 9.17) is 18.9 Å². The first-order valence-corrected chi connectivity index (χ1v) is 4.88. The molecule has 3 heterocycles. The average molecular weight is 202 g/mol. The molecule has 80 valence electrons. The number of aliphatic hydroxyl groups is 1. The molecule has 3 rings (SSSR count). The van der Waals surface area contributed by atoms with E-state index in [9.17, 15) is 5.11 Å². The second kappa shape index (κ2) is 2.68. The van der Waals surface area contributed by atoms with Crippen LogP contribution in [0.3, 0.4) is 0 Å². The summed E-state index contributed by atoms with van der Waals surface area (Å²) in [6.07, 6.45) is -1.62. The van der Waals surface area contributed by atoms with Crippen molar-refractivity contribution >= 4 is 0 Å². The summed E-state index contributed by atoms with van der Waals surface area (Å²) in [5.41, 5.74) is 0. The highest BCUT2D eigenvalue weighted by Crippen LogP contribution is 2.41. The Bertz CT molecular complexity index is 254. The highest BCUT2D eigenvalue weighted by Gasteiger charge is 2.59. The van der Waals surface area contributed by atoms with Crippen LogP contribution in [0.1, 0.15) is 13.8 Å². The summed E-state index contributed by atoms with van der Waals surface area (Å²) in [7, 11) is 0. The van der Waals surface area contributed by atoms with E-state index in [1.165, 1.54) is 0 Å². The Morgan fingerprint density at radius 2 is 1.93 bits per heavy atom. The van der Waals surface area contributed by atoms with Crippen LogP contribution in [0.5, 0.6) is 0 Å². The highest BCUT2D eigenvalue weighted by molar-refractivity contribution is 5.00. The zero-order valence-electron chi connectivity index (χ0n) is 8.17. The quantitative estimate of drug-likeness (QED) is 0.580. The molecule has 0 unspecified atom stereocenters. The van der Waals surface area contributed by atoms with E-state index >= 15 is 0 Å². The van der Waals surface area contributed by atoms with Gasteiger partial charge >= 0.3 is 0 Å². The third-order valence-corrected chi connectivity index (χ3v) is 2.87. The number of rotatable bonds is 0. The second-order valence-corrected chi connectivity index (χ2v) is 4.43. The van der Waals surface area contributed by atoms with Gasteiger partial charge in [-0.1, -0.05) is 0 Å². The molecule has 0 aromatic carbocycles. The predicted octanol–water partition coefficient (Wildman–Crippen LogP) is -0.378. The average Bonchev–Trinajstić information content (AvgIpc) is 2.63. The minimum Gasteiger partial charge on any atom is -0.388 e. The topological polar surface area (TPSA) is 57.2 Å². The van der Waals surface area contributed by atoms with Crippen molar-refractivity contribution in [1.82, 2.24) is 0 Å². The van der Waals surface area contributed by atoms with Gasteiger partial charge in [-0.2, -0.15) is 0 Å². The molecule has 3 saturated heterocycles. The van der Waals surface area contributed by atoms with Crippen molar-refractivity contribution in [1.29, 1.82) is 0 Å². The summed E-state index contributed by atoms with van der Waals surface area (Å²) >= 11 is 0. The van der Waals surface area contributed by atoms with E-state index < -0.39 is 18.2 Å². The van der Waals surface area contributed by atoms with Gasteiger partial charge in [0.15, 0.2) is 12.1 Å². The molecule has 0 radical (unpaired) electrons. The Kier molecular flexibility index (Phi) is 1.73. The zero-order valence-corrected chi connectivity index (χ0v) is 8.17. The van der Waals surface area contributed by atoms with Gasteiger partial charge in [0.1, 0.15) is 24.4 Å². The maximum atomic E-state index is 9.52. The van der Waals surface area contributed by atoms with Crippen LogP contribution in [0.2, 0.25) is 0 Å². The standard InChI is InChI=1S/C9H14O5/c1-9(2)13-7-6-5(4(10)3-11-6)12-8(7)14-9/h4-8,10H,3H2,1-2H3/t4-,5-,6+,7-,8-/m1/s1. The van der Waals surface area contributed by atoms with Crippen LogP contribution in [0.25, 0.3) is 0 Å². The molecule has 14 heavy (non-hydrogen) atoms. The van der Waals surface area contributed by atoms with Gasteiger partial charge in [0.25, 0.3) is 0 Å². The number of ether oxygens (including phenoxy) is 4. The SMILES string of the molecule is CC1(C)O[C@H]2O[C@H]3[C@H](OC[C@H]3O)[C@H]2O1. The van der Waals surface area contributed by atoms with Crippen molar-refractivity contribution in [2.45, 2.75) is 50.3 Å². The maximum Gasteiger partial charge on any atom is 0.190 e. The van der Waals surface area contributed by atoms with E-state index in [2.05, 4.69) is 0 Å². The Hall–Kier alpha value is -0.200. The van der Waals surface area contributed by atoms with Crippen LogP contribution in [0.4, 0.5) is 0 Å². The minimum absolute atomic E-state index is 0.184. The molecule has 0 amide bonds. The van der Waals surface area contributed by atoms with Crippen molar-refractivity contribution in [3.05, 3.63) is 0 Å². The molecule has 5 atom stereocenters. The fraction of sp³-hybridized carbons (Fsp3) is 1.00. The molecule has 3 aliphatic heterocycles. The molecule has 5 nitrogen and oxygen atoms in total. The summed E-state index contributed by atoms with van der Waals surface area (Å²) in [6.45, 7) is 4.01. The fourth-order valence-electron chi connectivity index (χ4n) is 2.31. The molecular weight excluding hydrogens is 188 g/mol. The third kappa shape index (κ3) is 1.14. The lowest BCUT2D eigenvalue weighted by Gasteiger charge is -2.21. The first-order valence-electron chi connectivity index (χ1n) is 4.88. The molecule has 3 fully saturated rings. The summed E-state index contributed by atoms with van der Waals surface area (Å²) in [5.74, 6) is -0.614. The van der Waals surface area contributed by atoms with Crippen molar-refractivity contribution in [3.8, 4) is 0 Å². The van der Waals surface area contributed by atoms with Gasteiger partial charge in [-0.3, -0.25) is 0 Å². The maximum absolute atomic E-state index is 9.52. The van der Waals surface area contributed by atoms with Gasteiger partial charge in [0, 0.05) is 0 Å². The smallest absolute Gasteiger partial charge is 0.190 e. The minimum atomic E-state index is -0.614. The summed E-state index contributed by atoms with van der Waals surface area (Å²) in [5, 5.41) is 9.52. The van der Waals surface area contributed by atoms with Gasteiger partial charge in [-0.25, -0.2) is 0 Å². The Morgan fingerprint density at radius 1 is 1.14 bits per heavy atom. The molecule has 0 spiro atoms. The van der Waals surface area contributed by atoms with Crippen LogP contribution in [-0.4, -0.2) is 48.2 Å². The van der Waals surface area contributed by atoms with E-state index in [1.807, 2.05) is 13.8 Å². The van der Waals surface area contributed by atoms with Gasteiger partial charge in [-0.05, 0) is 13.8 Å². The lowest BCUT2D eigenvalue weighted by atomic mass is 10.1. The zero-order chi connectivity index (χ0) is 9.92. The van der Waals surface area contributed by atoms with E-state index in [0.29, 0.717) is 6.61 Å². The third-order valence-electron chi connectivity index (χ3n) is 2.87. The van der Waals surface area contributed by atoms with E-state index in [1.54, 1.807) is 0 Å². The van der Waals surface area contributed by atoms with Gasteiger partial charge in [0.2, 0.25) is 0 Å². The predicted molar refractivity (Wildman–Crippen MR) is 44.4 cm³/mol. The molecule has 3 aliphatic rings. The van der Waals surface area contributed by atoms with Crippen LogP contribution >= 0.6 is 0 Å². The lowest BCUT2D eigenvalue weighted by Crippen LogP contribution is -2.35. The first-order chi connectivity index (χ1) is 6.57. The molecule has 0 bridgehead atoms. The van der Waals surface area contributed by atoms with Crippen LogP contribution in [-0.2, 0) is 18.9 Å².